The fraction of sp³-hybridized carbons (Fsp3) is 0.235. The normalized spacial score (nSPS) is 9.50. The molecule has 7 heteroatoms. The molecule has 0 fully saturated rings. The summed E-state index contributed by atoms with van der Waals surface area (Å²) in [5.41, 5.74) is 1.34. The van der Waals surface area contributed by atoms with Gasteiger partial charge in [-0.3, -0.25) is 9.59 Å². The monoisotopic (exact) mass is 330 g/mol. The number of esters is 1. The first-order chi connectivity index (χ1) is 11.4. The van der Waals surface area contributed by atoms with E-state index >= 15 is 0 Å². The summed E-state index contributed by atoms with van der Waals surface area (Å²) in [4.78, 5) is 40.4. The minimum absolute atomic E-state index is 0.0831. The van der Waals surface area contributed by atoms with Crippen molar-refractivity contribution in [3.05, 3.63) is 59.2 Å². The van der Waals surface area contributed by atoms with Crippen LogP contribution in [0.25, 0.3) is 0 Å². The highest BCUT2D eigenvalue weighted by Crippen LogP contribution is 2.01. The van der Waals surface area contributed by atoms with Gasteiger partial charge in [-0.2, -0.15) is 0 Å². The largest absolute Gasteiger partial charge is 0.464 e. The SMILES string of the molecule is CC(=O)c1cccc(CO)n1.COC(=O)c1cccc(C(C)=O)n1. The minimum Gasteiger partial charge on any atom is -0.464 e. The van der Waals surface area contributed by atoms with Gasteiger partial charge in [0, 0.05) is 13.8 Å². The Labute approximate surface area is 139 Å². The molecule has 0 atom stereocenters. The maximum Gasteiger partial charge on any atom is 0.356 e. The van der Waals surface area contributed by atoms with Gasteiger partial charge in [-0.1, -0.05) is 12.1 Å². The number of methoxy groups -OCH3 is 1. The Bertz CT molecular complexity index is 743. The number of hydrogen-bond acceptors (Lipinski definition) is 7. The number of ketones is 2. The Morgan fingerprint density at radius 3 is 1.92 bits per heavy atom. The second-order valence-corrected chi connectivity index (χ2v) is 4.68. The molecule has 24 heavy (non-hydrogen) atoms. The lowest BCUT2D eigenvalue weighted by Crippen LogP contribution is -2.07. The topological polar surface area (TPSA) is 106 Å². The number of aromatic nitrogens is 2. The van der Waals surface area contributed by atoms with Gasteiger partial charge >= 0.3 is 5.97 Å². The van der Waals surface area contributed by atoms with Gasteiger partial charge in [-0.25, -0.2) is 14.8 Å². The highest BCUT2D eigenvalue weighted by atomic mass is 16.5. The molecule has 0 aliphatic carbocycles. The predicted molar refractivity (Wildman–Crippen MR) is 85.7 cm³/mol. The van der Waals surface area contributed by atoms with E-state index in [4.69, 9.17) is 5.11 Å². The number of carbonyl (C=O) groups is 3. The molecule has 0 spiro atoms. The van der Waals surface area contributed by atoms with Crippen molar-refractivity contribution < 1.29 is 24.2 Å². The predicted octanol–water partition coefficient (Wildman–Crippen LogP) is 1.85. The van der Waals surface area contributed by atoms with Gasteiger partial charge in [0.15, 0.2) is 11.6 Å². The van der Waals surface area contributed by atoms with Crippen molar-refractivity contribution in [3.8, 4) is 0 Å². The Morgan fingerprint density at radius 1 is 0.917 bits per heavy atom. The molecule has 0 aliphatic heterocycles. The molecule has 0 bridgehead atoms. The van der Waals surface area contributed by atoms with E-state index in [9.17, 15) is 14.4 Å². The maximum atomic E-state index is 11.0. The van der Waals surface area contributed by atoms with Gasteiger partial charge < -0.3 is 9.84 Å². The van der Waals surface area contributed by atoms with E-state index in [0.717, 1.165) is 0 Å². The standard InChI is InChI=1S/C9H9NO3.C8H9NO2/c1-6(11)7-4-3-5-8(10-7)9(12)13-2;1-6(11)8-4-2-3-7(5-10)9-8/h3-5H,1-2H3;2-4,10H,5H2,1H3. The third-order valence-electron chi connectivity index (χ3n) is 2.83. The van der Waals surface area contributed by atoms with E-state index in [1.165, 1.54) is 27.0 Å². The van der Waals surface area contributed by atoms with Crippen LogP contribution in [0.5, 0.6) is 0 Å². The Hall–Kier alpha value is -2.93. The molecule has 126 valence electrons. The number of rotatable bonds is 4. The van der Waals surface area contributed by atoms with Crippen LogP contribution in [0.3, 0.4) is 0 Å². The van der Waals surface area contributed by atoms with Crippen LogP contribution in [0.1, 0.15) is 51.0 Å². The van der Waals surface area contributed by atoms with Crippen molar-refractivity contribution in [2.45, 2.75) is 20.5 Å². The molecule has 2 heterocycles. The van der Waals surface area contributed by atoms with E-state index < -0.39 is 5.97 Å². The molecule has 0 aliphatic rings. The molecule has 0 radical (unpaired) electrons. The average Bonchev–Trinajstić information content (AvgIpc) is 2.61. The molecule has 7 nitrogen and oxygen atoms in total. The second-order valence-electron chi connectivity index (χ2n) is 4.68. The van der Waals surface area contributed by atoms with Crippen LogP contribution in [-0.4, -0.2) is 39.7 Å². The van der Waals surface area contributed by atoms with Gasteiger partial charge in [-0.15, -0.1) is 0 Å². The summed E-state index contributed by atoms with van der Waals surface area (Å²) < 4.78 is 4.46. The molecule has 0 amide bonds. The highest BCUT2D eigenvalue weighted by molar-refractivity contribution is 5.94. The zero-order chi connectivity index (χ0) is 18.1. The number of hydrogen-bond donors (Lipinski definition) is 1. The molecular weight excluding hydrogens is 312 g/mol. The van der Waals surface area contributed by atoms with Crippen molar-refractivity contribution in [2.24, 2.45) is 0 Å². The summed E-state index contributed by atoms with van der Waals surface area (Å²) in [7, 11) is 1.27. The van der Waals surface area contributed by atoms with Crippen molar-refractivity contribution in [2.75, 3.05) is 7.11 Å². The fourth-order valence-electron chi connectivity index (χ4n) is 1.61. The molecule has 1 N–H and O–H groups in total. The van der Waals surface area contributed by atoms with Crippen LogP contribution in [-0.2, 0) is 11.3 Å². The van der Waals surface area contributed by atoms with Crippen LogP contribution in [0.2, 0.25) is 0 Å². The molecule has 0 unspecified atom stereocenters. The van der Waals surface area contributed by atoms with Gasteiger partial charge in [0.1, 0.15) is 17.1 Å². The zero-order valence-electron chi connectivity index (χ0n) is 13.6. The van der Waals surface area contributed by atoms with Crippen LogP contribution in [0.15, 0.2) is 36.4 Å². The van der Waals surface area contributed by atoms with Gasteiger partial charge in [0.2, 0.25) is 0 Å². The summed E-state index contributed by atoms with van der Waals surface area (Å²) in [6.45, 7) is 2.72. The Balaban J connectivity index is 0.000000243. The number of aliphatic hydroxyl groups excluding tert-OH is 1. The van der Waals surface area contributed by atoms with E-state index in [1.54, 1.807) is 30.3 Å². The van der Waals surface area contributed by atoms with E-state index in [-0.39, 0.29) is 29.6 Å². The van der Waals surface area contributed by atoms with Crippen molar-refractivity contribution >= 4 is 17.5 Å². The third-order valence-corrected chi connectivity index (χ3v) is 2.83. The number of aliphatic hydroxyl groups is 1. The first-order valence-corrected chi connectivity index (χ1v) is 7.03. The maximum absolute atomic E-state index is 11.0. The Morgan fingerprint density at radius 2 is 1.42 bits per heavy atom. The summed E-state index contributed by atoms with van der Waals surface area (Å²) in [6.07, 6.45) is 0. The summed E-state index contributed by atoms with van der Waals surface area (Å²) in [5.74, 6) is -0.797. The van der Waals surface area contributed by atoms with Gasteiger partial charge in [-0.05, 0) is 24.3 Å². The second kappa shape index (κ2) is 9.26. The van der Waals surface area contributed by atoms with Crippen molar-refractivity contribution in [1.29, 1.82) is 0 Å². The Kier molecular flexibility index (Phi) is 7.38. The smallest absolute Gasteiger partial charge is 0.356 e. The average molecular weight is 330 g/mol. The van der Waals surface area contributed by atoms with E-state index in [2.05, 4.69) is 14.7 Å². The molecule has 0 aromatic carbocycles. The lowest BCUT2D eigenvalue weighted by atomic mass is 10.2. The quantitative estimate of drug-likeness (QED) is 0.673. The van der Waals surface area contributed by atoms with E-state index in [0.29, 0.717) is 11.4 Å². The van der Waals surface area contributed by atoms with Gasteiger partial charge in [0.05, 0.1) is 19.4 Å². The summed E-state index contributed by atoms with van der Waals surface area (Å²) in [6, 6.07) is 9.65. The summed E-state index contributed by atoms with van der Waals surface area (Å²) in [5, 5.41) is 8.67. The highest BCUT2D eigenvalue weighted by Gasteiger charge is 2.08. The van der Waals surface area contributed by atoms with Crippen molar-refractivity contribution in [1.82, 2.24) is 9.97 Å². The molecule has 0 saturated heterocycles. The first kappa shape index (κ1) is 19.1. The van der Waals surface area contributed by atoms with Crippen molar-refractivity contribution in [3.63, 3.8) is 0 Å². The molecule has 2 rings (SSSR count). The summed E-state index contributed by atoms with van der Waals surface area (Å²) >= 11 is 0. The molecule has 2 aromatic rings. The number of Topliss-reactive ketones (excluding diaryl/α,β-unsaturated/α-hetero) is 2. The van der Waals surface area contributed by atoms with Crippen LogP contribution < -0.4 is 0 Å². The van der Waals surface area contributed by atoms with Crippen LogP contribution >= 0.6 is 0 Å². The lowest BCUT2D eigenvalue weighted by molar-refractivity contribution is 0.0593. The molecule has 0 saturated carbocycles. The van der Waals surface area contributed by atoms with E-state index in [1.807, 2.05) is 0 Å². The van der Waals surface area contributed by atoms with Crippen LogP contribution in [0.4, 0.5) is 0 Å². The number of pyridine rings is 2. The third kappa shape index (κ3) is 5.69. The number of ether oxygens (including phenoxy) is 1. The number of nitrogens with zero attached hydrogens (tertiary/aromatic N) is 2. The van der Waals surface area contributed by atoms with Crippen LogP contribution in [0, 0.1) is 0 Å². The molecular formula is C17H18N2O5. The minimum atomic E-state index is -0.539. The number of carbonyl (C=O) groups excluding carboxylic acids is 3. The zero-order valence-corrected chi connectivity index (χ0v) is 13.6. The lowest BCUT2D eigenvalue weighted by Gasteiger charge is -1.99. The first-order valence-electron chi connectivity index (χ1n) is 7.03. The molecule has 2 aromatic heterocycles. The fourth-order valence-corrected chi connectivity index (χ4v) is 1.61. The van der Waals surface area contributed by atoms with Gasteiger partial charge in [0.25, 0.3) is 0 Å².